The maximum absolute atomic E-state index is 12.6. The van der Waals surface area contributed by atoms with E-state index in [0.717, 1.165) is 12.8 Å². The number of urea groups is 1. The minimum Gasteiger partial charge on any atom is -0.464 e. The summed E-state index contributed by atoms with van der Waals surface area (Å²) < 4.78 is 4.65. The first-order valence-corrected chi connectivity index (χ1v) is 9.17. The highest BCUT2D eigenvalue weighted by atomic mass is 35.5. The SMILES string of the molecule is COC(=O)c1csc(CN(C(=O)Nc2ccc(Cl)cc2Cl)C2CC2)n1. The molecule has 6 nitrogen and oxygen atoms in total. The van der Waals surface area contributed by atoms with Gasteiger partial charge in [0, 0.05) is 16.4 Å². The van der Waals surface area contributed by atoms with Gasteiger partial charge in [0.1, 0.15) is 5.01 Å². The lowest BCUT2D eigenvalue weighted by molar-refractivity contribution is 0.0594. The van der Waals surface area contributed by atoms with Crippen LogP contribution >= 0.6 is 34.5 Å². The highest BCUT2D eigenvalue weighted by Gasteiger charge is 2.33. The van der Waals surface area contributed by atoms with Crippen LogP contribution < -0.4 is 5.32 Å². The molecule has 0 unspecified atom stereocenters. The molecule has 0 spiro atoms. The van der Waals surface area contributed by atoms with Gasteiger partial charge in [-0.05, 0) is 31.0 Å². The molecule has 1 aromatic heterocycles. The van der Waals surface area contributed by atoms with Gasteiger partial charge in [-0.3, -0.25) is 0 Å². The van der Waals surface area contributed by atoms with Crippen LogP contribution in [0.1, 0.15) is 28.3 Å². The highest BCUT2D eigenvalue weighted by molar-refractivity contribution is 7.09. The second-order valence-electron chi connectivity index (χ2n) is 5.53. The highest BCUT2D eigenvalue weighted by Crippen LogP contribution is 2.31. The van der Waals surface area contributed by atoms with Gasteiger partial charge in [-0.2, -0.15) is 0 Å². The Morgan fingerprint density at radius 2 is 2.16 bits per heavy atom. The van der Waals surface area contributed by atoms with Crippen molar-refractivity contribution in [2.75, 3.05) is 12.4 Å². The Bertz CT molecular complexity index is 808. The molecule has 2 amide bonds. The molecule has 0 radical (unpaired) electrons. The molecule has 1 aliphatic carbocycles. The van der Waals surface area contributed by atoms with E-state index in [1.54, 1.807) is 28.5 Å². The monoisotopic (exact) mass is 399 g/mol. The van der Waals surface area contributed by atoms with Crippen molar-refractivity contribution in [3.63, 3.8) is 0 Å². The van der Waals surface area contributed by atoms with Crippen LogP contribution in [-0.2, 0) is 11.3 Å². The Balaban J connectivity index is 1.71. The Kier molecular flexibility index (Phi) is 5.46. The van der Waals surface area contributed by atoms with E-state index in [2.05, 4.69) is 15.0 Å². The van der Waals surface area contributed by atoms with Crippen molar-refractivity contribution < 1.29 is 14.3 Å². The molecule has 1 aliphatic rings. The minimum absolute atomic E-state index is 0.163. The van der Waals surface area contributed by atoms with E-state index in [4.69, 9.17) is 23.2 Å². The molecular weight excluding hydrogens is 385 g/mol. The zero-order valence-electron chi connectivity index (χ0n) is 13.3. The molecule has 1 fully saturated rings. The van der Waals surface area contributed by atoms with Crippen molar-refractivity contribution in [3.8, 4) is 0 Å². The number of nitrogens with zero attached hydrogens (tertiary/aromatic N) is 2. The fraction of sp³-hybridized carbons (Fsp3) is 0.312. The molecule has 0 aliphatic heterocycles. The first kappa shape index (κ1) is 18.0. The van der Waals surface area contributed by atoms with Gasteiger partial charge in [-0.25, -0.2) is 14.6 Å². The minimum atomic E-state index is -0.488. The van der Waals surface area contributed by atoms with Crippen molar-refractivity contribution >= 4 is 52.2 Å². The van der Waals surface area contributed by atoms with Gasteiger partial charge in [0.05, 0.1) is 24.4 Å². The molecule has 0 saturated heterocycles. The summed E-state index contributed by atoms with van der Waals surface area (Å²) in [6.45, 7) is 0.323. The van der Waals surface area contributed by atoms with Gasteiger partial charge in [-0.1, -0.05) is 23.2 Å². The maximum Gasteiger partial charge on any atom is 0.357 e. The molecular formula is C16H15Cl2N3O3S. The summed E-state index contributed by atoms with van der Waals surface area (Å²) in [6.07, 6.45) is 1.88. The fourth-order valence-corrected chi connectivity index (χ4v) is 3.48. The molecule has 0 atom stereocenters. The Hall–Kier alpha value is -1.83. The number of benzene rings is 1. The quantitative estimate of drug-likeness (QED) is 0.754. The van der Waals surface area contributed by atoms with Crippen LogP contribution in [0.4, 0.5) is 10.5 Å². The third kappa shape index (κ3) is 4.42. The third-order valence-corrected chi connectivity index (χ3v) is 5.05. The van der Waals surface area contributed by atoms with Crippen LogP contribution in [0.2, 0.25) is 10.0 Å². The second kappa shape index (κ2) is 7.59. The number of hydrogen-bond donors (Lipinski definition) is 1. The van der Waals surface area contributed by atoms with Crippen molar-refractivity contribution in [1.82, 2.24) is 9.88 Å². The molecule has 1 saturated carbocycles. The van der Waals surface area contributed by atoms with Crippen molar-refractivity contribution in [3.05, 3.63) is 44.3 Å². The van der Waals surface area contributed by atoms with Crippen LogP contribution in [0, 0.1) is 0 Å². The van der Waals surface area contributed by atoms with Crippen LogP contribution in [0.3, 0.4) is 0 Å². The average molecular weight is 400 g/mol. The van der Waals surface area contributed by atoms with Gasteiger partial charge in [0.15, 0.2) is 5.69 Å². The topological polar surface area (TPSA) is 71.5 Å². The first-order chi connectivity index (χ1) is 12.0. The number of rotatable bonds is 5. The number of aromatic nitrogens is 1. The average Bonchev–Trinajstić information content (AvgIpc) is 3.32. The van der Waals surface area contributed by atoms with Gasteiger partial charge in [0.25, 0.3) is 0 Å². The molecule has 2 aromatic rings. The maximum atomic E-state index is 12.6. The summed E-state index contributed by atoms with van der Waals surface area (Å²) in [6, 6.07) is 4.79. The third-order valence-electron chi connectivity index (χ3n) is 3.67. The summed E-state index contributed by atoms with van der Waals surface area (Å²) in [5, 5.41) is 5.97. The van der Waals surface area contributed by atoms with Crippen molar-refractivity contribution in [1.29, 1.82) is 0 Å². The zero-order chi connectivity index (χ0) is 18.0. The van der Waals surface area contributed by atoms with Gasteiger partial charge in [-0.15, -0.1) is 11.3 Å². The summed E-state index contributed by atoms with van der Waals surface area (Å²) in [5.74, 6) is -0.488. The summed E-state index contributed by atoms with van der Waals surface area (Å²) in [4.78, 5) is 30.1. The number of anilines is 1. The van der Waals surface area contributed by atoms with Crippen LogP contribution in [-0.4, -0.2) is 35.0 Å². The van der Waals surface area contributed by atoms with Gasteiger partial charge in [0.2, 0.25) is 0 Å². The molecule has 9 heteroatoms. The molecule has 0 bridgehead atoms. The van der Waals surface area contributed by atoms with E-state index in [1.165, 1.54) is 18.4 Å². The van der Waals surface area contributed by atoms with Crippen molar-refractivity contribution in [2.45, 2.75) is 25.4 Å². The summed E-state index contributed by atoms with van der Waals surface area (Å²) >= 11 is 13.3. The van der Waals surface area contributed by atoms with Crippen molar-refractivity contribution in [2.24, 2.45) is 0 Å². The zero-order valence-corrected chi connectivity index (χ0v) is 15.6. The molecule has 1 heterocycles. The number of hydrogen-bond acceptors (Lipinski definition) is 5. The number of esters is 1. The van der Waals surface area contributed by atoms with Gasteiger partial charge < -0.3 is 15.0 Å². The van der Waals surface area contributed by atoms with E-state index in [0.29, 0.717) is 27.3 Å². The lowest BCUT2D eigenvalue weighted by Crippen LogP contribution is -2.36. The number of carbonyl (C=O) groups is 2. The molecule has 1 aromatic carbocycles. The first-order valence-electron chi connectivity index (χ1n) is 7.53. The number of carbonyl (C=O) groups excluding carboxylic acids is 2. The smallest absolute Gasteiger partial charge is 0.357 e. The van der Waals surface area contributed by atoms with E-state index in [1.807, 2.05) is 0 Å². The molecule has 1 N–H and O–H groups in total. The second-order valence-corrected chi connectivity index (χ2v) is 7.32. The molecule has 3 rings (SSSR count). The fourth-order valence-electron chi connectivity index (χ4n) is 2.26. The number of halogens is 2. The van der Waals surface area contributed by atoms with Crippen LogP contribution in [0.5, 0.6) is 0 Å². The predicted molar refractivity (Wildman–Crippen MR) is 97.5 cm³/mol. The Morgan fingerprint density at radius 1 is 1.40 bits per heavy atom. The number of methoxy groups -OCH3 is 1. The van der Waals surface area contributed by atoms with Gasteiger partial charge >= 0.3 is 12.0 Å². The normalized spacial score (nSPS) is 13.4. The van der Waals surface area contributed by atoms with E-state index in [-0.39, 0.29) is 17.8 Å². The summed E-state index contributed by atoms with van der Waals surface area (Å²) in [7, 11) is 1.31. The number of ether oxygens (including phenoxy) is 1. The lowest BCUT2D eigenvalue weighted by Gasteiger charge is -2.22. The Labute approximate surface area is 158 Å². The van der Waals surface area contributed by atoms with E-state index in [9.17, 15) is 9.59 Å². The summed E-state index contributed by atoms with van der Waals surface area (Å²) in [5.41, 5.74) is 0.746. The van der Waals surface area contributed by atoms with Crippen LogP contribution in [0.25, 0.3) is 0 Å². The molecule has 132 valence electrons. The van der Waals surface area contributed by atoms with E-state index < -0.39 is 5.97 Å². The predicted octanol–water partition coefficient (Wildman–Crippen LogP) is 4.43. The standard InChI is InChI=1S/C16H15Cl2N3O3S/c1-24-15(22)13-8-25-14(19-13)7-21(10-3-4-10)16(23)20-12-5-2-9(17)6-11(12)18/h2,5-6,8,10H,3-4,7H2,1H3,(H,20,23). The number of nitrogens with one attached hydrogen (secondary N) is 1. The largest absolute Gasteiger partial charge is 0.464 e. The molecule has 25 heavy (non-hydrogen) atoms. The number of amides is 2. The lowest BCUT2D eigenvalue weighted by atomic mass is 10.3. The van der Waals surface area contributed by atoms with Crippen LogP contribution in [0.15, 0.2) is 23.6 Å². The Morgan fingerprint density at radius 3 is 2.80 bits per heavy atom. The number of thiazole rings is 1. The van der Waals surface area contributed by atoms with E-state index >= 15 is 0 Å².